The van der Waals surface area contributed by atoms with E-state index in [0.29, 0.717) is 0 Å². The quantitative estimate of drug-likeness (QED) is 0.196. The van der Waals surface area contributed by atoms with Crippen molar-refractivity contribution in [3.8, 4) is 0 Å². The molecule has 0 aromatic carbocycles. The molecule has 6 aliphatic rings. The van der Waals surface area contributed by atoms with Crippen LogP contribution in [-0.4, -0.2) is 88.2 Å². The molecule has 0 radical (unpaired) electrons. The predicted octanol–water partition coefficient (Wildman–Crippen LogP) is 7.08. The molecule has 0 heterocycles. The van der Waals surface area contributed by atoms with Crippen molar-refractivity contribution in [1.29, 1.82) is 0 Å². The molecule has 0 aliphatic heterocycles. The van der Waals surface area contributed by atoms with E-state index < -0.39 is 53.7 Å². The fourth-order valence-corrected chi connectivity index (χ4v) is 11.0. The predicted molar refractivity (Wildman–Crippen MR) is 335 cm³/mol. The van der Waals surface area contributed by atoms with E-state index in [1.54, 1.807) is 0 Å². The van der Waals surface area contributed by atoms with E-state index >= 15 is 0 Å². The van der Waals surface area contributed by atoms with Gasteiger partial charge >= 0.3 is 0 Å². The van der Waals surface area contributed by atoms with Gasteiger partial charge in [0.15, 0.2) is 0 Å². The molecule has 73 heavy (non-hydrogen) atoms. The van der Waals surface area contributed by atoms with Crippen LogP contribution in [0.25, 0.3) is 0 Å². The number of hydrogen-bond acceptors (Lipinski definition) is 24. The van der Waals surface area contributed by atoms with Crippen LogP contribution in [0.3, 0.4) is 0 Å². The SMILES string of the molecule is O=S(=S)=C([S-])OC1CCCCC1.O=S(=S)=C([S-])OC1CCCCC1.O=S(=S)=C([S-])OC1CCCCC1.O=S(=S)=C([S-])OC1CCCCC1.O=S(=S)=C([S-])OC1CCCCC1.O=S(=S)=C([S-])OC1CCCCC1.[W]. The molecular formula is C42H66O12S18W-6. The third-order valence-electron chi connectivity index (χ3n) is 11.7. The molecule has 0 bridgehead atoms. The summed E-state index contributed by atoms with van der Waals surface area (Å²) in [7, 11) is -9.12. The molecular weight excluding hydrogens is 1460 g/mol. The molecule has 0 aromatic rings. The molecule has 426 valence electrons. The zero-order chi connectivity index (χ0) is 53.8. The summed E-state index contributed by atoms with van der Waals surface area (Å²) in [6.45, 7) is 0. The van der Waals surface area contributed by atoms with Crippen molar-refractivity contribution in [2.75, 3.05) is 0 Å². The molecule has 0 spiro atoms. The topological polar surface area (TPSA) is 158 Å². The van der Waals surface area contributed by atoms with Gasteiger partial charge in [0.05, 0.1) is 90.3 Å². The van der Waals surface area contributed by atoms with Gasteiger partial charge in [0.1, 0.15) is 0 Å². The van der Waals surface area contributed by atoms with Crippen LogP contribution in [0.15, 0.2) is 0 Å². The first kappa shape index (κ1) is 76.2. The third kappa shape index (κ3) is 41.0. The Morgan fingerprint density at radius 1 is 0.247 bits per heavy atom. The molecule has 0 N–H and O–H groups in total. The number of rotatable bonds is 6. The second-order valence-corrected chi connectivity index (χ2v) is 31.4. The smallest absolute Gasteiger partial charge is 0.0742 e. The monoisotopic (exact) mass is 1520 g/mol. The van der Waals surface area contributed by atoms with Crippen LogP contribution >= 0.6 is 0 Å². The third-order valence-corrected chi connectivity index (χ3v) is 21.8. The molecule has 0 aromatic heterocycles. The van der Waals surface area contributed by atoms with Crippen LogP contribution in [0.2, 0.25) is 0 Å². The Bertz CT molecular complexity index is 1980. The minimum Gasteiger partial charge on any atom is -0.717 e. The molecule has 6 fully saturated rings. The average molecular weight is 1520 g/mol. The Morgan fingerprint density at radius 3 is 0.425 bits per heavy atom. The van der Waals surface area contributed by atoms with Gasteiger partial charge in [-0.15, -0.1) is 0 Å². The van der Waals surface area contributed by atoms with Crippen LogP contribution < -0.4 is 0 Å². The van der Waals surface area contributed by atoms with Crippen molar-refractivity contribution in [1.82, 2.24) is 0 Å². The number of hydrogen-bond donors (Lipinski definition) is 0. The minimum atomic E-state index is -1.52. The van der Waals surface area contributed by atoms with E-state index in [2.05, 4.69) is 67.1 Å². The minimum absolute atomic E-state index is 0. The fourth-order valence-electron chi connectivity index (χ4n) is 8.15. The van der Waals surface area contributed by atoms with Gasteiger partial charge in [-0.25, -0.2) is 25.3 Å². The van der Waals surface area contributed by atoms with Gasteiger partial charge < -0.3 is 104 Å². The van der Waals surface area contributed by atoms with E-state index in [4.69, 9.17) is 104 Å². The van der Waals surface area contributed by atoms with E-state index in [0.717, 1.165) is 77.0 Å². The summed E-state index contributed by atoms with van der Waals surface area (Å²) in [5.74, 6) is 0. The fraction of sp³-hybridized carbons (Fsp3) is 0.857. The normalized spacial score (nSPS) is 18.8. The van der Waals surface area contributed by atoms with Gasteiger partial charge in [0, 0.05) is 114 Å². The van der Waals surface area contributed by atoms with Crippen molar-refractivity contribution in [3.63, 3.8) is 0 Å². The zero-order valence-electron chi connectivity index (χ0n) is 40.3. The van der Waals surface area contributed by atoms with Crippen LogP contribution in [0, 0.1) is 0 Å². The second-order valence-electron chi connectivity index (χ2n) is 17.2. The molecule has 0 unspecified atom stereocenters. The zero-order valence-corrected chi connectivity index (χ0v) is 58.0. The standard InChI is InChI=1S/6C7H12O2S3.W/c6*8-12(11)7(10)9-6-4-2-1-3-5-6;/h6*6,10H,1-5H2;/p-6. The first-order valence-electron chi connectivity index (χ1n) is 24.0. The van der Waals surface area contributed by atoms with Gasteiger partial charge in [0.2, 0.25) is 0 Å². The van der Waals surface area contributed by atoms with E-state index in [9.17, 15) is 25.3 Å². The summed E-state index contributed by atoms with van der Waals surface area (Å²) in [6.07, 6.45) is 35.0. The molecule has 12 nitrogen and oxygen atoms in total. The van der Waals surface area contributed by atoms with Gasteiger partial charge in [0.25, 0.3) is 0 Å². The number of ether oxygens (including phenoxy) is 6. The Balaban J connectivity index is 0.000000850. The van der Waals surface area contributed by atoms with Crippen LogP contribution in [-0.2, 0) is 246 Å². The van der Waals surface area contributed by atoms with Crippen LogP contribution in [0.1, 0.15) is 193 Å². The van der Waals surface area contributed by atoms with Gasteiger partial charge in [-0.05, 0) is 77.0 Å². The van der Waals surface area contributed by atoms with Crippen molar-refractivity contribution in [2.24, 2.45) is 0 Å². The Labute approximate surface area is 520 Å². The summed E-state index contributed by atoms with van der Waals surface area (Å²) in [5.41, 5.74) is 0. The van der Waals surface area contributed by atoms with Crippen molar-refractivity contribution in [2.45, 2.75) is 229 Å². The van der Waals surface area contributed by atoms with Crippen molar-refractivity contribution < 1.29 is 74.7 Å². The second kappa shape index (κ2) is 47.7. The summed E-state index contributed by atoms with van der Waals surface area (Å²) < 4.78 is 96.2. The van der Waals surface area contributed by atoms with E-state index in [-0.39, 0.29) is 84.0 Å². The summed E-state index contributed by atoms with van der Waals surface area (Å²) in [6, 6.07) is 0. The van der Waals surface area contributed by atoms with Crippen LogP contribution in [0.5, 0.6) is 0 Å². The molecule has 6 rings (SSSR count). The van der Waals surface area contributed by atoms with Gasteiger partial charge in [-0.2, -0.15) is 0 Å². The molecule has 0 atom stereocenters. The van der Waals surface area contributed by atoms with Crippen LogP contribution in [0.4, 0.5) is 0 Å². The maximum atomic E-state index is 10.7. The average Bonchev–Trinajstić information content (AvgIpc) is 3.36. The Hall–Kier alpha value is 3.21. The molecule has 6 aliphatic carbocycles. The van der Waals surface area contributed by atoms with Gasteiger partial charge in [-0.1, -0.05) is 116 Å². The maximum Gasteiger partial charge on any atom is 0.0742 e. The Morgan fingerprint density at radius 2 is 0.342 bits per heavy atom. The Kier molecular flexibility index (Phi) is 49.8. The van der Waals surface area contributed by atoms with E-state index in [1.165, 1.54) is 116 Å². The molecule has 6 saturated carbocycles. The van der Waals surface area contributed by atoms with Crippen molar-refractivity contribution in [3.05, 3.63) is 0 Å². The molecule has 0 amide bonds. The largest absolute Gasteiger partial charge is 0.717 e. The summed E-state index contributed by atoms with van der Waals surface area (Å²) in [4.78, 5) is 0. The molecule has 0 saturated heterocycles. The first-order valence-corrected chi connectivity index (χ1v) is 38.9. The van der Waals surface area contributed by atoms with Gasteiger partial charge in [-0.3, -0.25) is 0 Å². The maximum absolute atomic E-state index is 10.7. The molecule has 31 heteroatoms. The van der Waals surface area contributed by atoms with E-state index in [1.807, 2.05) is 0 Å². The summed E-state index contributed by atoms with van der Waals surface area (Å²) in [5, 5.41) is 0. The first-order chi connectivity index (χ1) is 34.2. The summed E-state index contributed by atoms with van der Waals surface area (Å²) >= 11 is 55.2. The van der Waals surface area contributed by atoms with Crippen molar-refractivity contribution >= 4 is 223 Å².